The second-order valence-corrected chi connectivity index (χ2v) is 6.86. The van der Waals surface area contributed by atoms with Crippen molar-refractivity contribution in [3.8, 4) is 0 Å². The summed E-state index contributed by atoms with van der Waals surface area (Å²) < 4.78 is 5.53. The molecule has 0 aromatic heterocycles. The van der Waals surface area contributed by atoms with E-state index in [0.29, 0.717) is 5.69 Å². The molecule has 5 heteroatoms. The summed E-state index contributed by atoms with van der Waals surface area (Å²) in [7, 11) is 0. The molecule has 1 N–H and O–H groups in total. The highest BCUT2D eigenvalue weighted by molar-refractivity contribution is 6.04. The number of hydrogen-bond donors (Lipinski definition) is 1. The molecule has 0 bridgehead atoms. The number of nitrogens with zero attached hydrogens (tertiary/aromatic N) is 1. The highest BCUT2D eigenvalue weighted by atomic mass is 16.6. The van der Waals surface area contributed by atoms with E-state index in [-0.39, 0.29) is 11.3 Å². The summed E-state index contributed by atoms with van der Waals surface area (Å²) in [5, 5.41) is 9.52. The van der Waals surface area contributed by atoms with Crippen molar-refractivity contribution in [3.63, 3.8) is 0 Å². The lowest BCUT2D eigenvalue weighted by Gasteiger charge is -2.29. The van der Waals surface area contributed by atoms with Crippen LogP contribution in [0, 0.1) is 13.8 Å². The van der Waals surface area contributed by atoms with Crippen LogP contribution in [0.3, 0.4) is 0 Å². The smallest absolute Gasteiger partial charge is 0.419 e. The summed E-state index contributed by atoms with van der Waals surface area (Å²) in [5.41, 5.74) is 2.09. The third-order valence-corrected chi connectivity index (χ3v) is 3.77. The number of ether oxygens (including phenoxy) is 1. The molecule has 5 nitrogen and oxygen atoms in total. The van der Waals surface area contributed by atoms with Crippen LogP contribution in [0.25, 0.3) is 0 Å². The second kappa shape index (κ2) is 6.97. The molecule has 132 valence electrons. The van der Waals surface area contributed by atoms with E-state index in [9.17, 15) is 14.7 Å². The lowest BCUT2D eigenvalue weighted by molar-refractivity contribution is 0.0599. The van der Waals surface area contributed by atoms with Gasteiger partial charge in [-0.25, -0.2) is 14.5 Å². The van der Waals surface area contributed by atoms with Gasteiger partial charge in [-0.2, -0.15) is 0 Å². The number of para-hydroxylation sites is 1. The number of carbonyl (C=O) groups excluding carboxylic acids is 1. The van der Waals surface area contributed by atoms with Gasteiger partial charge in [0.15, 0.2) is 0 Å². The number of carbonyl (C=O) groups is 2. The number of amides is 1. The summed E-state index contributed by atoms with van der Waals surface area (Å²) in [6.07, 6.45) is -0.616. The monoisotopic (exact) mass is 341 g/mol. The lowest BCUT2D eigenvalue weighted by atomic mass is 10.1. The van der Waals surface area contributed by atoms with Crippen LogP contribution in [0.15, 0.2) is 42.5 Å². The number of carboxylic acid groups (broad SMARTS) is 1. The van der Waals surface area contributed by atoms with E-state index in [2.05, 4.69) is 0 Å². The molecule has 25 heavy (non-hydrogen) atoms. The summed E-state index contributed by atoms with van der Waals surface area (Å²) in [6, 6.07) is 12.0. The first-order valence-corrected chi connectivity index (χ1v) is 8.03. The van der Waals surface area contributed by atoms with Gasteiger partial charge >= 0.3 is 12.1 Å². The van der Waals surface area contributed by atoms with Crippen LogP contribution in [0.1, 0.15) is 42.3 Å². The van der Waals surface area contributed by atoms with Crippen LogP contribution >= 0.6 is 0 Å². The summed E-state index contributed by atoms with van der Waals surface area (Å²) in [5.74, 6) is -1.10. The van der Waals surface area contributed by atoms with Gasteiger partial charge in [-0.15, -0.1) is 0 Å². The highest BCUT2D eigenvalue weighted by Crippen LogP contribution is 2.33. The Labute approximate surface area is 147 Å². The van der Waals surface area contributed by atoms with Crippen molar-refractivity contribution in [3.05, 3.63) is 59.2 Å². The van der Waals surface area contributed by atoms with Crippen molar-refractivity contribution in [2.45, 2.75) is 40.2 Å². The number of aromatic carboxylic acids is 1. The van der Waals surface area contributed by atoms with Crippen LogP contribution in [0.5, 0.6) is 0 Å². The molecule has 2 aromatic rings. The molecule has 0 saturated heterocycles. The number of carboxylic acids is 1. The SMILES string of the molecule is Cc1cccc(N(C(=O)OC(C)(C)C)c2ccccc2C(=O)O)c1C. The molecular formula is C20H23NO4. The highest BCUT2D eigenvalue weighted by Gasteiger charge is 2.29. The zero-order valence-electron chi connectivity index (χ0n) is 15.2. The van der Waals surface area contributed by atoms with E-state index in [1.165, 1.54) is 11.0 Å². The minimum atomic E-state index is -1.10. The van der Waals surface area contributed by atoms with Crippen molar-refractivity contribution in [1.29, 1.82) is 0 Å². The second-order valence-electron chi connectivity index (χ2n) is 6.86. The summed E-state index contributed by atoms with van der Waals surface area (Å²) >= 11 is 0. The standard InChI is InChI=1S/C20H23NO4/c1-13-9-8-12-16(14(13)2)21(19(24)25-20(3,4)5)17-11-7-6-10-15(17)18(22)23/h6-12H,1-5H3,(H,22,23). The van der Waals surface area contributed by atoms with Gasteiger partial charge in [-0.05, 0) is 63.9 Å². The molecule has 0 radical (unpaired) electrons. The fraction of sp³-hybridized carbons (Fsp3) is 0.300. The topological polar surface area (TPSA) is 66.8 Å². The van der Waals surface area contributed by atoms with Gasteiger partial charge in [-0.3, -0.25) is 0 Å². The molecule has 2 aromatic carbocycles. The number of hydrogen-bond acceptors (Lipinski definition) is 3. The Morgan fingerprint density at radius 2 is 1.56 bits per heavy atom. The Hall–Kier alpha value is -2.82. The average molecular weight is 341 g/mol. The maximum atomic E-state index is 12.9. The van der Waals surface area contributed by atoms with Gasteiger partial charge in [0, 0.05) is 0 Å². The van der Waals surface area contributed by atoms with Gasteiger partial charge in [0.05, 0.1) is 16.9 Å². The quantitative estimate of drug-likeness (QED) is 0.846. The molecule has 0 saturated carbocycles. The summed E-state index contributed by atoms with van der Waals surface area (Å²) in [4.78, 5) is 25.9. The Bertz CT molecular complexity index is 806. The molecule has 0 aliphatic rings. The van der Waals surface area contributed by atoms with Crippen LogP contribution in [0.4, 0.5) is 16.2 Å². The first-order valence-electron chi connectivity index (χ1n) is 8.03. The summed E-state index contributed by atoms with van der Waals surface area (Å²) in [6.45, 7) is 9.15. The van der Waals surface area contributed by atoms with Crippen LogP contribution in [-0.2, 0) is 4.74 Å². The van der Waals surface area contributed by atoms with E-state index < -0.39 is 17.7 Å². The average Bonchev–Trinajstić information content (AvgIpc) is 2.50. The molecule has 1 amide bonds. The molecule has 0 unspecified atom stereocenters. The zero-order chi connectivity index (χ0) is 18.8. The van der Waals surface area contributed by atoms with Crippen molar-refractivity contribution in [2.24, 2.45) is 0 Å². The third-order valence-electron chi connectivity index (χ3n) is 3.77. The molecule has 0 fully saturated rings. The fourth-order valence-electron chi connectivity index (χ4n) is 2.46. The van der Waals surface area contributed by atoms with Crippen molar-refractivity contribution < 1.29 is 19.4 Å². The predicted octanol–water partition coefficient (Wildman–Crippen LogP) is 5.07. The van der Waals surface area contributed by atoms with E-state index in [1.807, 2.05) is 26.0 Å². The third kappa shape index (κ3) is 4.18. The van der Waals surface area contributed by atoms with E-state index in [1.54, 1.807) is 45.0 Å². The first-order chi connectivity index (χ1) is 11.6. The first kappa shape index (κ1) is 18.5. The van der Waals surface area contributed by atoms with E-state index in [0.717, 1.165) is 11.1 Å². The van der Waals surface area contributed by atoms with Gasteiger partial charge in [0.2, 0.25) is 0 Å². The Kier molecular flexibility index (Phi) is 5.16. The number of rotatable bonds is 3. The Morgan fingerprint density at radius 3 is 2.16 bits per heavy atom. The van der Waals surface area contributed by atoms with Crippen molar-refractivity contribution in [2.75, 3.05) is 4.90 Å². The zero-order valence-corrected chi connectivity index (χ0v) is 15.2. The molecular weight excluding hydrogens is 318 g/mol. The Balaban J connectivity index is 2.68. The molecule has 2 rings (SSSR count). The minimum Gasteiger partial charge on any atom is -0.478 e. The molecule has 0 aliphatic carbocycles. The molecule has 0 spiro atoms. The normalized spacial score (nSPS) is 11.1. The lowest BCUT2D eigenvalue weighted by Crippen LogP contribution is -2.35. The predicted molar refractivity (Wildman–Crippen MR) is 97.7 cm³/mol. The number of benzene rings is 2. The fourth-order valence-corrected chi connectivity index (χ4v) is 2.46. The van der Waals surface area contributed by atoms with Gasteiger partial charge in [0.1, 0.15) is 5.60 Å². The van der Waals surface area contributed by atoms with Gasteiger partial charge < -0.3 is 9.84 Å². The van der Waals surface area contributed by atoms with Crippen molar-refractivity contribution in [1.82, 2.24) is 0 Å². The maximum absolute atomic E-state index is 12.9. The molecule has 0 heterocycles. The van der Waals surface area contributed by atoms with E-state index in [4.69, 9.17) is 4.74 Å². The Morgan fingerprint density at radius 1 is 0.960 bits per heavy atom. The molecule has 0 aliphatic heterocycles. The molecule has 0 atom stereocenters. The van der Waals surface area contributed by atoms with E-state index >= 15 is 0 Å². The van der Waals surface area contributed by atoms with Gasteiger partial charge in [0.25, 0.3) is 0 Å². The van der Waals surface area contributed by atoms with Crippen LogP contribution in [-0.4, -0.2) is 22.8 Å². The van der Waals surface area contributed by atoms with Crippen LogP contribution < -0.4 is 4.90 Å². The number of aryl methyl sites for hydroxylation is 1. The largest absolute Gasteiger partial charge is 0.478 e. The minimum absolute atomic E-state index is 0.0364. The van der Waals surface area contributed by atoms with Gasteiger partial charge in [-0.1, -0.05) is 24.3 Å². The maximum Gasteiger partial charge on any atom is 0.419 e. The van der Waals surface area contributed by atoms with Crippen LogP contribution in [0.2, 0.25) is 0 Å². The van der Waals surface area contributed by atoms with Crippen molar-refractivity contribution >= 4 is 23.4 Å². The number of anilines is 2.